The first-order chi connectivity index (χ1) is 7.58. The van der Waals surface area contributed by atoms with Gasteiger partial charge in [0.05, 0.1) is 0 Å². The van der Waals surface area contributed by atoms with Crippen molar-refractivity contribution < 1.29 is 0 Å². The van der Waals surface area contributed by atoms with Crippen molar-refractivity contribution in [1.82, 2.24) is 4.90 Å². The van der Waals surface area contributed by atoms with E-state index in [0.717, 1.165) is 13.1 Å². The summed E-state index contributed by atoms with van der Waals surface area (Å²) in [5, 5.41) is 0. The molecule has 0 amide bonds. The molecule has 1 aliphatic rings. The molecule has 2 nitrogen and oxygen atoms in total. The molecule has 0 aliphatic carbocycles. The number of rotatable bonds is 2. The van der Waals surface area contributed by atoms with Crippen LogP contribution in [0.3, 0.4) is 0 Å². The van der Waals surface area contributed by atoms with Crippen LogP contribution in [0.4, 0.5) is 0 Å². The second-order valence-corrected chi connectivity index (χ2v) is 5.31. The van der Waals surface area contributed by atoms with Gasteiger partial charge in [0.1, 0.15) is 0 Å². The predicted molar refractivity (Wildman–Crippen MR) is 68.7 cm³/mol. The quantitative estimate of drug-likeness (QED) is 0.824. The minimum Gasteiger partial charge on any atom is -0.326 e. The van der Waals surface area contributed by atoms with Gasteiger partial charge in [-0.05, 0) is 24.1 Å². The molecular formula is C14H22N2. The zero-order valence-electron chi connectivity index (χ0n) is 10.5. The first-order valence-electron chi connectivity index (χ1n) is 6.12. The topological polar surface area (TPSA) is 29.3 Å². The zero-order chi connectivity index (χ0) is 11.7. The van der Waals surface area contributed by atoms with Gasteiger partial charge in [0, 0.05) is 25.0 Å². The summed E-state index contributed by atoms with van der Waals surface area (Å²) in [6.45, 7) is 6.55. The highest BCUT2D eigenvalue weighted by Gasteiger charge is 2.28. The van der Waals surface area contributed by atoms with Crippen molar-refractivity contribution in [3.8, 4) is 0 Å². The fourth-order valence-corrected chi connectivity index (χ4v) is 2.51. The van der Waals surface area contributed by atoms with Crippen LogP contribution in [0.5, 0.6) is 0 Å². The molecule has 1 aromatic carbocycles. The van der Waals surface area contributed by atoms with Crippen LogP contribution in [-0.2, 0) is 0 Å². The molecule has 0 aromatic heterocycles. The Morgan fingerprint density at radius 3 is 2.25 bits per heavy atom. The van der Waals surface area contributed by atoms with E-state index < -0.39 is 0 Å². The molecule has 0 radical (unpaired) electrons. The lowest BCUT2D eigenvalue weighted by molar-refractivity contribution is 0.407. The molecule has 2 heteroatoms. The van der Waals surface area contributed by atoms with Gasteiger partial charge in [-0.15, -0.1) is 0 Å². The van der Waals surface area contributed by atoms with Crippen molar-refractivity contribution in [1.29, 1.82) is 0 Å². The third-order valence-corrected chi connectivity index (χ3v) is 3.58. The summed E-state index contributed by atoms with van der Waals surface area (Å²) in [6, 6.07) is 9.27. The van der Waals surface area contributed by atoms with E-state index in [-0.39, 0.29) is 6.04 Å². The maximum Gasteiger partial charge on any atom is 0.0249 e. The smallest absolute Gasteiger partial charge is 0.0249 e. The zero-order valence-corrected chi connectivity index (χ0v) is 10.5. The van der Waals surface area contributed by atoms with Gasteiger partial charge in [-0.2, -0.15) is 0 Å². The Morgan fingerprint density at radius 1 is 1.19 bits per heavy atom. The Morgan fingerprint density at radius 2 is 1.81 bits per heavy atom. The lowest BCUT2D eigenvalue weighted by atomic mass is 9.92. The van der Waals surface area contributed by atoms with Crippen LogP contribution >= 0.6 is 0 Å². The van der Waals surface area contributed by atoms with Crippen molar-refractivity contribution in [2.75, 3.05) is 20.1 Å². The maximum absolute atomic E-state index is 6.16. The van der Waals surface area contributed by atoms with Gasteiger partial charge in [-0.25, -0.2) is 0 Å². The van der Waals surface area contributed by atoms with Crippen molar-refractivity contribution in [3.63, 3.8) is 0 Å². The molecule has 1 aromatic rings. The van der Waals surface area contributed by atoms with Gasteiger partial charge in [-0.1, -0.05) is 38.1 Å². The molecule has 0 saturated carbocycles. The second kappa shape index (κ2) is 4.56. The van der Waals surface area contributed by atoms with Crippen LogP contribution in [-0.4, -0.2) is 31.1 Å². The molecular weight excluding hydrogens is 196 g/mol. The summed E-state index contributed by atoms with van der Waals surface area (Å²) >= 11 is 0. The van der Waals surface area contributed by atoms with Crippen LogP contribution in [0.25, 0.3) is 0 Å². The third-order valence-electron chi connectivity index (χ3n) is 3.58. The molecule has 0 unspecified atom stereocenters. The number of hydrogen-bond acceptors (Lipinski definition) is 2. The molecule has 0 spiro atoms. The van der Waals surface area contributed by atoms with Gasteiger partial charge in [0.25, 0.3) is 0 Å². The first kappa shape index (κ1) is 11.6. The van der Waals surface area contributed by atoms with Gasteiger partial charge >= 0.3 is 0 Å². The fraction of sp³-hybridized carbons (Fsp3) is 0.571. The summed E-state index contributed by atoms with van der Waals surface area (Å²) < 4.78 is 0. The average Bonchev–Trinajstić information content (AvgIpc) is 2.58. The lowest BCUT2D eigenvalue weighted by Gasteiger charge is -2.15. The highest BCUT2D eigenvalue weighted by Crippen LogP contribution is 2.26. The Hall–Kier alpha value is -0.860. The van der Waals surface area contributed by atoms with Gasteiger partial charge in [0.2, 0.25) is 0 Å². The van der Waals surface area contributed by atoms with E-state index in [2.05, 4.69) is 50.1 Å². The number of nitrogens with zero attached hydrogens (tertiary/aromatic N) is 1. The second-order valence-electron chi connectivity index (χ2n) is 5.31. The van der Waals surface area contributed by atoms with Gasteiger partial charge < -0.3 is 10.6 Å². The van der Waals surface area contributed by atoms with Crippen LogP contribution in [0.15, 0.2) is 24.3 Å². The summed E-state index contributed by atoms with van der Waals surface area (Å²) in [5.74, 6) is 1.11. The monoisotopic (exact) mass is 218 g/mol. The van der Waals surface area contributed by atoms with E-state index in [1.54, 1.807) is 0 Å². The molecule has 1 saturated heterocycles. The standard InChI is InChI=1S/C14H22N2/c1-10(2)11-4-6-12(7-5-11)13-8-16(3)9-14(13)15/h4-7,10,13-14H,8-9,15H2,1-3H3/t13-,14-/m1/s1. The third kappa shape index (κ3) is 2.28. The van der Waals surface area contributed by atoms with E-state index in [0.29, 0.717) is 11.8 Å². The highest BCUT2D eigenvalue weighted by molar-refractivity contribution is 5.29. The van der Waals surface area contributed by atoms with E-state index >= 15 is 0 Å². The highest BCUT2D eigenvalue weighted by atomic mass is 15.1. The normalized spacial score (nSPS) is 26.6. The molecule has 88 valence electrons. The van der Waals surface area contributed by atoms with Gasteiger partial charge in [0.15, 0.2) is 0 Å². The number of benzene rings is 1. The van der Waals surface area contributed by atoms with Gasteiger partial charge in [-0.3, -0.25) is 0 Å². The summed E-state index contributed by atoms with van der Waals surface area (Å²) in [5.41, 5.74) is 8.95. The summed E-state index contributed by atoms with van der Waals surface area (Å²) in [4.78, 5) is 2.31. The average molecular weight is 218 g/mol. The summed E-state index contributed by atoms with van der Waals surface area (Å²) in [7, 11) is 2.14. The molecule has 0 bridgehead atoms. The largest absolute Gasteiger partial charge is 0.326 e. The molecule has 1 heterocycles. The number of nitrogens with two attached hydrogens (primary N) is 1. The minimum absolute atomic E-state index is 0.287. The number of likely N-dealkylation sites (tertiary alicyclic amines) is 1. The molecule has 2 rings (SSSR count). The van der Waals surface area contributed by atoms with Crippen molar-refractivity contribution in [3.05, 3.63) is 35.4 Å². The maximum atomic E-state index is 6.16. The first-order valence-corrected chi connectivity index (χ1v) is 6.12. The van der Waals surface area contributed by atoms with E-state index in [4.69, 9.17) is 5.73 Å². The van der Waals surface area contributed by atoms with Crippen molar-refractivity contribution >= 4 is 0 Å². The SMILES string of the molecule is CC(C)c1ccc([C@H]2CN(C)C[C@H]2N)cc1. The number of likely N-dealkylation sites (N-methyl/N-ethyl adjacent to an activating group) is 1. The Kier molecular flexibility index (Phi) is 3.31. The van der Waals surface area contributed by atoms with Crippen LogP contribution < -0.4 is 5.73 Å². The fourth-order valence-electron chi connectivity index (χ4n) is 2.51. The molecule has 2 N–H and O–H groups in total. The lowest BCUT2D eigenvalue weighted by Crippen LogP contribution is -2.27. The van der Waals surface area contributed by atoms with E-state index in [9.17, 15) is 0 Å². The molecule has 1 fully saturated rings. The van der Waals surface area contributed by atoms with Crippen molar-refractivity contribution in [2.24, 2.45) is 5.73 Å². The Labute approximate surface area is 98.4 Å². The molecule has 1 aliphatic heterocycles. The minimum atomic E-state index is 0.287. The van der Waals surface area contributed by atoms with Crippen LogP contribution in [0, 0.1) is 0 Å². The van der Waals surface area contributed by atoms with E-state index in [1.165, 1.54) is 11.1 Å². The van der Waals surface area contributed by atoms with Crippen LogP contribution in [0.2, 0.25) is 0 Å². The Balaban J connectivity index is 2.15. The van der Waals surface area contributed by atoms with Crippen LogP contribution in [0.1, 0.15) is 36.8 Å². The predicted octanol–water partition coefficient (Wildman–Crippen LogP) is 2.17. The number of hydrogen-bond donors (Lipinski definition) is 1. The Bertz CT molecular complexity index is 342. The molecule has 16 heavy (non-hydrogen) atoms. The van der Waals surface area contributed by atoms with E-state index in [1.807, 2.05) is 0 Å². The summed E-state index contributed by atoms with van der Waals surface area (Å²) in [6.07, 6.45) is 0. The van der Waals surface area contributed by atoms with Crippen molar-refractivity contribution in [2.45, 2.75) is 31.7 Å². The molecule has 2 atom stereocenters.